The first-order valence-electron chi connectivity index (χ1n) is 9.62. The lowest BCUT2D eigenvalue weighted by Gasteiger charge is -2.16. The lowest BCUT2D eigenvalue weighted by Crippen LogP contribution is -2.12. The first-order chi connectivity index (χ1) is 15.7. The number of hydrogen-bond acceptors (Lipinski definition) is 4. The van der Waals surface area contributed by atoms with E-state index in [4.69, 9.17) is 27.9 Å². The van der Waals surface area contributed by atoms with Gasteiger partial charge in [0.25, 0.3) is 0 Å². The third kappa shape index (κ3) is 5.05. The van der Waals surface area contributed by atoms with Crippen LogP contribution in [0, 0.1) is 0 Å². The first-order valence-corrected chi connectivity index (χ1v) is 10.4. The summed E-state index contributed by atoms with van der Waals surface area (Å²) in [6, 6.07) is 17.2. The highest BCUT2D eigenvalue weighted by Gasteiger charge is 2.37. The Hall–Kier alpha value is -3.29. The van der Waals surface area contributed by atoms with Crippen LogP contribution in [-0.2, 0) is 12.8 Å². The average Bonchev–Trinajstić information content (AvgIpc) is 2.78. The average molecular weight is 491 g/mol. The summed E-state index contributed by atoms with van der Waals surface area (Å²) in [7, 11) is 0. The van der Waals surface area contributed by atoms with Crippen LogP contribution in [0.1, 0.15) is 11.3 Å². The fourth-order valence-corrected chi connectivity index (χ4v) is 3.75. The Kier molecular flexibility index (Phi) is 6.44. The molecule has 0 saturated carbocycles. The topological polar surface area (TPSA) is 55.2 Å². The van der Waals surface area contributed by atoms with E-state index in [1.54, 1.807) is 36.4 Å². The van der Waals surface area contributed by atoms with Gasteiger partial charge in [0, 0.05) is 32.8 Å². The van der Waals surface area contributed by atoms with E-state index in [1.165, 1.54) is 30.3 Å². The summed E-state index contributed by atoms with van der Waals surface area (Å²) in [5.41, 5.74) is -0.288. The maximum atomic E-state index is 13.7. The molecule has 0 saturated heterocycles. The van der Waals surface area contributed by atoms with Crippen molar-refractivity contribution in [2.75, 3.05) is 0 Å². The van der Waals surface area contributed by atoms with Crippen LogP contribution < -0.4 is 4.74 Å². The third-order valence-electron chi connectivity index (χ3n) is 4.81. The van der Waals surface area contributed by atoms with Crippen molar-refractivity contribution in [3.05, 3.63) is 94.4 Å². The summed E-state index contributed by atoms with van der Waals surface area (Å²) >= 11 is 12.0. The van der Waals surface area contributed by atoms with Gasteiger partial charge < -0.3 is 9.84 Å². The number of halogens is 5. The maximum Gasteiger partial charge on any atom is 0.434 e. The van der Waals surface area contributed by atoms with Crippen molar-refractivity contribution in [1.82, 2.24) is 9.97 Å². The molecular weight excluding hydrogens is 476 g/mol. The molecule has 0 unspecified atom stereocenters. The van der Waals surface area contributed by atoms with Crippen LogP contribution in [0.25, 0.3) is 22.4 Å². The van der Waals surface area contributed by atoms with Crippen LogP contribution in [0.4, 0.5) is 13.2 Å². The Labute approximate surface area is 197 Å². The summed E-state index contributed by atoms with van der Waals surface area (Å²) in [4.78, 5) is 7.53. The minimum absolute atomic E-state index is 0.0479. The zero-order chi connectivity index (χ0) is 23.6. The normalized spacial score (nSPS) is 11.4. The minimum Gasteiger partial charge on any atom is -0.507 e. The molecule has 1 heterocycles. The monoisotopic (exact) mass is 490 g/mol. The highest BCUT2D eigenvalue weighted by molar-refractivity contribution is 6.35. The number of ether oxygens (including phenoxy) is 1. The van der Waals surface area contributed by atoms with Gasteiger partial charge in [-0.05, 0) is 29.8 Å². The molecule has 0 bridgehead atoms. The zero-order valence-electron chi connectivity index (χ0n) is 16.8. The van der Waals surface area contributed by atoms with Gasteiger partial charge in [0.15, 0.2) is 5.69 Å². The van der Waals surface area contributed by atoms with Crippen molar-refractivity contribution < 1.29 is 23.0 Å². The van der Waals surface area contributed by atoms with Gasteiger partial charge in [0.2, 0.25) is 0 Å². The number of aromatic nitrogens is 2. The molecule has 168 valence electrons. The van der Waals surface area contributed by atoms with Crippen LogP contribution in [0.15, 0.2) is 73.1 Å². The Morgan fingerprint density at radius 3 is 2.33 bits per heavy atom. The molecule has 0 fully saturated rings. The van der Waals surface area contributed by atoms with Crippen LogP contribution in [0.3, 0.4) is 0 Å². The molecule has 0 spiro atoms. The Morgan fingerprint density at radius 2 is 1.67 bits per heavy atom. The first kappa shape index (κ1) is 22.9. The fraction of sp³-hybridized carbons (Fsp3) is 0.0833. The van der Waals surface area contributed by atoms with E-state index in [1.807, 2.05) is 0 Å². The molecule has 0 radical (unpaired) electrons. The van der Waals surface area contributed by atoms with Gasteiger partial charge in [-0.3, -0.25) is 0 Å². The number of aromatic hydroxyl groups is 1. The summed E-state index contributed by atoms with van der Waals surface area (Å²) in [5, 5.41) is 11.5. The number of benzene rings is 3. The molecule has 0 atom stereocenters. The van der Waals surface area contributed by atoms with Crippen molar-refractivity contribution in [1.29, 1.82) is 0 Å². The molecule has 4 rings (SSSR count). The number of rotatable bonds is 5. The quantitative estimate of drug-likeness (QED) is 0.316. The van der Waals surface area contributed by atoms with Gasteiger partial charge >= 0.3 is 6.18 Å². The molecule has 0 aliphatic carbocycles. The summed E-state index contributed by atoms with van der Waals surface area (Å²) in [5.74, 6) is 0.00679. The summed E-state index contributed by atoms with van der Waals surface area (Å²) in [6.07, 6.45) is -3.88. The molecule has 0 aliphatic rings. The van der Waals surface area contributed by atoms with Crippen molar-refractivity contribution in [3.63, 3.8) is 0 Å². The maximum absolute atomic E-state index is 13.7. The predicted octanol–water partition coefficient (Wildman–Crippen LogP) is 7.42. The largest absolute Gasteiger partial charge is 0.507 e. The number of alkyl halides is 3. The Bertz CT molecular complexity index is 1300. The number of phenolic OH excluding ortho intramolecular Hbond substituents is 1. The van der Waals surface area contributed by atoms with Gasteiger partial charge in [-0.25, -0.2) is 9.97 Å². The summed E-state index contributed by atoms with van der Waals surface area (Å²) < 4.78 is 46.8. The second-order valence-electron chi connectivity index (χ2n) is 7.01. The van der Waals surface area contributed by atoms with Crippen LogP contribution in [0.5, 0.6) is 11.5 Å². The third-order valence-corrected chi connectivity index (χ3v) is 5.40. The summed E-state index contributed by atoms with van der Waals surface area (Å²) in [6.45, 7) is 0.107. The Morgan fingerprint density at radius 1 is 0.909 bits per heavy atom. The van der Waals surface area contributed by atoms with Gasteiger partial charge in [-0.2, -0.15) is 13.2 Å². The van der Waals surface area contributed by atoms with Crippen molar-refractivity contribution >= 4 is 23.2 Å². The molecule has 0 aliphatic heterocycles. The number of phenols is 1. The van der Waals surface area contributed by atoms with Crippen molar-refractivity contribution in [3.8, 4) is 33.9 Å². The zero-order valence-corrected chi connectivity index (χ0v) is 18.3. The second-order valence-corrected chi connectivity index (χ2v) is 7.86. The lowest BCUT2D eigenvalue weighted by atomic mass is 9.96. The van der Waals surface area contributed by atoms with E-state index >= 15 is 0 Å². The van der Waals surface area contributed by atoms with Crippen molar-refractivity contribution in [2.24, 2.45) is 0 Å². The highest BCUT2D eigenvalue weighted by atomic mass is 35.5. The molecule has 4 nitrogen and oxygen atoms in total. The van der Waals surface area contributed by atoms with E-state index in [0.29, 0.717) is 21.4 Å². The second kappa shape index (κ2) is 9.29. The van der Waals surface area contributed by atoms with E-state index in [9.17, 15) is 18.3 Å². The van der Waals surface area contributed by atoms with Gasteiger partial charge in [-0.15, -0.1) is 0 Å². The van der Waals surface area contributed by atoms with E-state index in [-0.39, 0.29) is 34.7 Å². The van der Waals surface area contributed by atoms with Crippen LogP contribution in [-0.4, -0.2) is 15.1 Å². The molecule has 1 N–H and O–H groups in total. The van der Waals surface area contributed by atoms with Gasteiger partial charge in [0.1, 0.15) is 24.4 Å². The molecule has 0 amide bonds. The SMILES string of the molecule is Oc1cc(OCc2ccc(Cl)cc2Cl)ccc1-c1ncnc(C(F)(F)F)c1-c1ccccc1. The van der Waals surface area contributed by atoms with Crippen molar-refractivity contribution in [2.45, 2.75) is 12.8 Å². The standard InChI is InChI=1S/C24H15Cl2F3N2O2/c25-16-7-6-15(19(26)10-16)12-33-17-8-9-18(20(32)11-17)22-21(14-4-2-1-3-5-14)23(24(27,28)29)31-13-30-22/h1-11,13,32H,12H2. The van der Waals surface area contributed by atoms with Gasteiger partial charge in [-0.1, -0.05) is 59.6 Å². The van der Waals surface area contributed by atoms with Crippen LogP contribution in [0.2, 0.25) is 10.0 Å². The lowest BCUT2D eigenvalue weighted by molar-refractivity contribution is -0.140. The van der Waals surface area contributed by atoms with E-state index in [2.05, 4.69) is 9.97 Å². The molecular formula is C24H15Cl2F3N2O2. The number of hydrogen-bond donors (Lipinski definition) is 1. The smallest absolute Gasteiger partial charge is 0.434 e. The Balaban J connectivity index is 1.71. The molecule has 1 aromatic heterocycles. The molecule has 4 aromatic rings. The molecule has 3 aromatic carbocycles. The minimum atomic E-state index is -4.71. The highest BCUT2D eigenvalue weighted by Crippen LogP contribution is 2.43. The number of nitrogens with zero attached hydrogens (tertiary/aromatic N) is 2. The van der Waals surface area contributed by atoms with Crippen LogP contribution >= 0.6 is 23.2 Å². The fourth-order valence-electron chi connectivity index (χ4n) is 3.28. The van der Waals surface area contributed by atoms with E-state index < -0.39 is 11.9 Å². The molecule has 9 heteroatoms. The van der Waals surface area contributed by atoms with E-state index in [0.717, 1.165) is 6.33 Å². The predicted molar refractivity (Wildman–Crippen MR) is 120 cm³/mol. The van der Waals surface area contributed by atoms with Gasteiger partial charge in [0.05, 0.1) is 5.69 Å². The molecule has 33 heavy (non-hydrogen) atoms.